The van der Waals surface area contributed by atoms with Crippen LogP contribution in [0.15, 0.2) is 64.2 Å². The predicted octanol–water partition coefficient (Wildman–Crippen LogP) is 3.29. The number of amides is 1. The molecule has 1 amide bonds. The summed E-state index contributed by atoms with van der Waals surface area (Å²) in [5.74, 6) is -0.658. The van der Waals surface area contributed by atoms with Gasteiger partial charge in [-0.1, -0.05) is 18.2 Å². The number of allylic oxidation sites excluding steroid dienone is 1. The number of nitrogens with zero attached hydrogens (tertiary/aromatic N) is 4. The number of aromatic nitrogens is 2. The van der Waals surface area contributed by atoms with Crippen LogP contribution in [-0.2, 0) is 9.53 Å². The Hall–Kier alpha value is -3.53. The van der Waals surface area contributed by atoms with Gasteiger partial charge in [-0.15, -0.1) is 0 Å². The quantitative estimate of drug-likeness (QED) is 0.259. The van der Waals surface area contributed by atoms with E-state index in [0.717, 1.165) is 6.08 Å². The highest BCUT2D eigenvalue weighted by Crippen LogP contribution is 2.31. The van der Waals surface area contributed by atoms with Crippen molar-refractivity contribution in [3.05, 3.63) is 69.8 Å². The molecule has 8 nitrogen and oxygen atoms in total. The van der Waals surface area contributed by atoms with Gasteiger partial charge in [-0.25, -0.2) is 4.68 Å². The van der Waals surface area contributed by atoms with E-state index in [1.165, 1.54) is 22.8 Å². The molecule has 0 unspecified atom stereocenters. The van der Waals surface area contributed by atoms with Gasteiger partial charge < -0.3 is 14.4 Å². The van der Waals surface area contributed by atoms with Gasteiger partial charge in [-0.05, 0) is 37.1 Å². The van der Waals surface area contributed by atoms with Crippen molar-refractivity contribution >= 4 is 24.2 Å². The summed E-state index contributed by atoms with van der Waals surface area (Å²) in [7, 11) is 1.49. The van der Waals surface area contributed by atoms with Gasteiger partial charge in [0.1, 0.15) is 5.75 Å². The van der Waals surface area contributed by atoms with Crippen molar-refractivity contribution in [2.24, 2.45) is 4.99 Å². The zero-order valence-electron chi connectivity index (χ0n) is 17.0. The van der Waals surface area contributed by atoms with Crippen LogP contribution < -0.4 is 10.3 Å². The predicted molar refractivity (Wildman–Crippen MR) is 115 cm³/mol. The standard InChI is InChI=1S/C21H19ClF2N4O4/c1-4-16(32-21(23)24)19(25-2)20(30)27-10-13(11-27)28-18(29)8-7-15(26-28)14-6-5-12(22)9-17(14)31-3/h4-9,13,21H,1-2,10-11H2,3H3/b19-16+. The smallest absolute Gasteiger partial charge is 0.387 e. The fourth-order valence-electron chi connectivity index (χ4n) is 3.18. The number of hydrogen-bond acceptors (Lipinski definition) is 6. The van der Waals surface area contributed by atoms with Gasteiger partial charge in [0.25, 0.3) is 11.5 Å². The molecule has 1 aliphatic heterocycles. The highest BCUT2D eigenvalue weighted by molar-refractivity contribution is 6.30. The lowest BCUT2D eigenvalue weighted by Crippen LogP contribution is -2.53. The molecule has 0 N–H and O–H groups in total. The summed E-state index contributed by atoms with van der Waals surface area (Å²) in [5.41, 5.74) is 0.372. The molecule has 0 atom stereocenters. The lowest BCUT2D eigenvalue weighted by atomic mass is 10.1. The molecule has 2 aromatic rings. The van der Waals surface area contributed by atoms with Crippen LogP contribution in [0.25, 0.3) is 11.3 Å². The number of likely N-dealkylation sites (tertiary alicyclic amines) is 1. The van der Waals surface area contributed by atoms with E-state index in [-0.39, 0.29) is 18.6 Å². The van der Waals surface area contributed by atoms with Crippen LogP contribution in [0.2, 0.25) is 5.02 Å². The second-order valence-electron chi connectivity index (χ2n) is 6.66. The first-order valence-corrected chi connectivity index (χ1v) is 9.68. The summed E-state index contributed by atoms with van der Waals surface area (Å²) in [6, 6.07) is 7.54. The SMILES string of the molecule is C=C/C(OC(F)F)=C(\N=C)C(=O)N1CC(n2nc(-c3ccc(Cl)cc3OC)ccc2=O)C1. The summed E-state index contributed by atoms with van der Waals surface area (Å²) < 4.78 is 36.0. The lowest BCUT2D eigenvalue weighted by Gasteiger charge is -2.39. The Balaban J connectivity index is 1.83. The van der Waals surface area contributed by atoms with E-state index in [9.17, 15) is 18.4 Å². The van der Waals surface area contributed by atoms with Gasteiger partial charge in [0.05, 0.1) is 18.8 Å². The minimum atomic E-state index is -3.15. The highest BCUT2D eigenvalue weighted by atomic mass is 35.5. The fourth-order valence-corrected chi connectivity index (χ4v) is 3.34. The Bertz CT molecular complexity index is 1140. The summed E-state index contributed by atoms with van der Waals surface area (Å²) in [4.78, 5) is 29.8. The largest absolute Gasteiger partial charge is 0.496 e. The molecule has 168 valence electrons. The average Bonchev–Trinajstić information content (AvgIpc) is 2.73. The van der Waals surface area contributed by atoms with Gasteiger partial charge in [0, 0.05) is 29.7 Å². The molecule has 32 heavy (non-hydrogen) atoms. The van der Waals surface area contributed by atoms with Crippen molar-refractivity contribution in [2.45, 2.75) is 12.7 Å². The third-order valence-corrected chi connectivity index (χ3v) is 4.99. The maximum atomic E-state index is 12.6. The second-order valence-corrected chi connectivity index (χ2v) is 7.10. The molecule has 1 saturated heterocycles. The van der Waals surface area contributed by atoms with Gasteiger partial charge in [-0.2, -0.15) is 13.9 Å². The first-order valence-electron chi connectivity index (χ1n) is 9.30. The molecule has 11 heteroatoms. The Kier molecular flexibility index (Phi) is 7.04. The molecule has 1 aliphatic rings. The first-order chi connectivity index (χ1) is 15.3. The van der Waals surface area contributed by atoms with Crippen molar-refractivity contribution in [1.29, 1.82) is 0 Å². The summed E-state index contributed by atoms with van der Waals surface area (Å²) in [5, 5.41) is 4.90. The Labute approximate surface area is 187 Å². The Morgan fingerprint density at radius 3 is 2.66 bits per heavy atom. The number of carbonyl (C=O) groups is 1. The van der Waals surface area contributed by atoms with Crippen LogP contribution >= 0.6 is 11.6 Å². The summed E-state index contributed by atoms with van der Waals surface area (Å²) in [6.45, 7) is 3.68. The maximum Gasteiger partial charge on any atom is 0.387 e. The molecule has 0 radical (unpaired) electrons. The average molecular weight is 465 g/mol. The number of benzene rings is 1. The second kappa shape index (κ2) is 9.73. The van der Waals surface area contributed by atoms with Crippen molar-refractivity contribution < 1.29 is 23.0 Å². The number of aliphatic imine (C=N–C) groups is 1. The maximum absolute atomic E-state index is 12.6. The zero-order valence-corrected chi connectivity index (χ0v) is 17.8. The minimum Gasteiger partial charge on any atom is -0.496 e. The van der Waals surface area contributed by atoms with E-state index in [1.54, 1.807) is 24.3 Å². The van der Waals surface area contributed by atoms with E-state index < -0.39 is 30.0 Å². The van der Waals surface area contributed by atoms with Crippen LogP contribution in [0, 0.1) is 0 Å². The normalized spacial score (nSPS) is 14.5. The zero-order chi connectivity index (χ0) is 23.4. The molecule has 1 fully saturated rings. The van der Waals surface area contributed by atoms with Crippen LogP contribution in [0.4, 0.5) is 8.78 Å². The van der Waals surface area contributed by atoms with Crippen LogP contribution in [-0.4, -0.2) is 54.1 Å². The van der Waals surface area contributed by atoms with Gasteiger partial charge in [-0.3, -0.25) is 14.6 Å². The van der Waals surface area contributed by atoms with Crippen LogP contribution in [0.3, 0.4) is 0 Å². The third kappa shape index (κ3) is 4.70. The van der Waals surface area contributed by atoms with Crippen molar-refractivity contribution in [3.63, 3.8) is 0 Å². The lowest BCUT2D eigenvalue weighted by molar-refractivity contribution is -0.134. The van der Waals surface area contributed by atoms with Crippen molar-refractivity contribution in [1.82, 2.24) is 14.7 Å². The molecular weight excluding hydrogens is 446 g/mol. The van der Waals surface area contributed by atoms with Gasteiger partial charge in [0.15, 0.2) is 11.5 Å². The highest BCUT2D eigenvalue weighted by Gasteiger charge is 2.36. The van der Waals surface area contributed by atoms with Crippen LogP contribution in [0.5, 0.6) is 5.75 Å². The monoisotopic (exact) mass is 464 g/mol. The molecule has 1 aromatic heterocycles. The van der Waals surface area contributed by atoms with E-state index >= 15 is 0 Å². The van der Waals surface area contributed by atoms with Crippen molar-refractivity contribution in [3.8, 4) is 17.0 Å². The molecule has 0 spiro atoms. The minimum absolute atomic E-state index is 0.116. The number of halogens is 3. The number of methoxy groups -OCH3 is 1. The van der Waals surface area contributed by atoms with Gasteiger partial charge in [0.2, 0.25) is 0 Å². The number of carbonyl (C=O) groups excluding carboxylic acids is 1. The number of ether oxygens (including phenoxy) is 2. The molecule has 0 bridgehead atoms. The fraction of sp³-hybridized carbons (Fsp3) is 0.238. The Morgan fingerprint density at radius 2 is 2.06 bits per heavy atom. The summed E-state index contributed by atoms with van der Waals surface area (Å²) in [6.07, 6.45) is 0.959. The third-order valence-electron chi connectivity index (χ3n) is 4.76. The van der Waals surface area contributed by atoms with E-state index in [2.05, 4.69) is 28.1 Å². The summed E-state index contributed by atoms with van der Waals surface area (Å²) >= 11 is 6.00. The number of hydrogen-bond donors (Lipinski definition) is 0. The van der Waals surface area contributed by atoms with Gasteiger partial charge >= 0.3 is 6.61 Å². The topological polar surface area (TPSA) is 86.0 Å². The first kappa shape index (κ1) is 23.1. The molecule has 3 rings (SSSR count). The molecule has 1 aromatic carbocycles. The Morgan fingerprint density at radius 1 is 1.34 bits per heavy atom. The van der Waals surface area contributed by atoms with E-state index in [4.69, 9.17) is 16.3 Å². The molecule has 0 saturated carbocycles. The molecule has 2 heterocycles. The number of alkyl halides is 2. The number of rotatable bonds is 8. The molecular formula is C21H19ClF2N4O4. The molecule has 0 aliphatic carbocycles. The van der Waals surface area contributed by atoms with Crippen LogP contribution in [0.1, 0.15) is 6.04 Å². The van der Waals surface area contributed by atoms with E-state index in [0.29, 0.717) is 22.0 Å². The van der Waals surface area contributed by atoms with Crippen molar-refractivity contribution in [2.75, 3.05) is 20.2 Å². The van der Waals surface area contributed by atoms with E-state index in [1.807, 2.05) is 0 Å².